The van der Waals surface area contributed by atoms with Gasteiger partial charge >= 0.3 is 0 Å². The van der Waals surface area contributed by atoms with Gasteiger partial charge in [-0.05, 0) is 38.1 Å². The van der Waals surface area contributed by atoms with Crippen molar-refractivity contribution < 1.29 is 9.53 Å². The van der Waals surface area contributed by atoms with Gasteiger partial charge in [0.15, 0.2) is 11.5 Å². The smallest absolute Gasteiger partial charge is 0.274 e. The Morgan fingerprint density at radius 3 is 2.45 bits per heavy atom. The van der Waals surface area contributed by atoms with E-state index in [1.165, 1.54) is 0 Å². The van der Waals surface area contributed by atoms with E-state index in [4.69, 9.17) is 4.74 Å². The van der Waals surface area contributed by atoms with Gasteiger partial charge in [0, 0.05) is 13.1 Å². The molecule has 0 atom stereocenters. The zero-order valence-corrected chi connectivity index (χ0v) is 13.0. The van der Waals surface area contributed by atoms with E-state index in [0.717, 1.165) is 5.69 Å². The van der Waals surface area contributed by atoms with Gasteiger partial charge in [-0.3, -0.25) is 4.79 Å². The average molecular weight is 300 g/mol. The molecule has 1 heterocycles. The van der Waals surface area contributed by atoms with Gasteiger partial charge in [0.2, 0.25) is 0 Å². The number of hydrogen-bond acceptors (Lipinski definition) is 5. The van der Waals surface area contributed by atoms with Crippen LogP contribution in [0.25, 0.3) is 0 Å². The topological polar surface area (TPSA) is 67.4 Å². The molecule has 6 nitrogen and oxygen atoms in total. The van der Waals surface area contributed by atoms with E-state index in [1.807, 2.05) is 38.1 Å². The van der Waals surface area contributed by atoms with Crippen molar-refractivity contribution in [2.45, 2.75) is 13.8 Å². The van der Waals surface area contributed by atoms with Crippen molar-refractivity contribution in [2.75, 3.05) is 25.5 Å². The van der Waals surface area contributed by atoms with Gasteiger partial charge in [-0.2, -0.15) is 0 Å². The Kier molecular flexibility index (Phi) is 5.30. The number of nitrogens with one attached hydrogen (secondary N) is 1. The molecular weight excluding hydrogens is 280 g/mol. The number of carbonyl (C=O) groups excluding carboxylic acids is 1. The fourth-order valence-electron chi connectivity index (χ4n) is 2.07. The van der Waals surface area contributed by atoms with E-state index in [9.17, 15) is 4.79 Å². The predicted molar refractivity (Wildman–Crippen MR) is 85.6 cm³/mol. The molecule has 0 fully saturated rings. The number of nitrogens with zero attached hydrogens (tertiary/aromatic N) is 3. The lowest BCUT2D eigenvalue weighted by Gasteiger charge is -2.17. The normalized spacial score (nSPS) is 10.1. The third-order valence-electron chi connectivity index (χ3n) is 3.30. The summed E-state index contributed by atoms with van der Waals surface area (Å²) in [7, 11) is 1.61. The third kappa shape index (κ3) is 3.52. The molecule has 0 spiro atoms. The molecule has 1 aromatic carbocycles. The van der Waals surface area contributed by atoms with E-state index < -0.39 is 0 Å². The van der Waals surface area contributed by atoms with Crippen molar-refractivity contribution in [3.63, 3.8) is 0 Å². The molecular formula is C16H20N4O2. The molecule has 1 amide bonds. The summed E-state index contributed by atoms with van der Waals surface area (Å²) in [6.07, 6.45) is 0. The highest BCUT2D eigenvalue weighted by atomic mass is 16.5. The van der Waals surface area contributed by atoms with Crippen LogP contribution in [-0.4, -0.2) is 41.2 Å². The first-order valence-corrected chi connectivity index (χ1v) is 7.22. The first-order chi connectivity index (χ1) is 10.7. The Bertz CT molecular complexity index is 624. The summed E-state index contributed by atoms with van der Waals surface area (Å²) in [5, 5.41) is 11.2. The van der Waals surface area contributed by atoms with Gasteiger partial charge in [-0.25, -0.2) is 0 Å². The van der Waals surface area contributed by atoms with Crippen molar-refractivity contribution in [2.24, 2.45) is 0 Å². The standard InChI is InChI=1S/C16H20N4O2/c1-4-20(5-2)16(21)13-10-11-15(19-18-13)17-12-8-6-7-9-14(12)22-3/h6-11H,4-5H2,1-3H3,(H,17,19). The van der Waals surface area contributed by atoms with Crippen LogP contribution in [0.1, 0.15) is 24.3 Å². The van der Waals surface area contributed by atoms with Crippen LogP contribution in [0.3, 0.4) is 0 Å². The lowest BCUT2D eigenvalue weighted by atomic mass is 10.3. The maximum absolute atomic E-state index is 12.2. The number of methoxy groups -OCH3 is 1. The number of hydrogen-bond donors (Lipinski definition) is 1. The summed E-state index contributed by atoms with van der Waals surface area (Å²) in [6, 6.07) is 10.9. The zero-order valence-electron chi connectivity index (χ0n) is 13.0. The first kappa shape index (κ1) is 15.8. The van der Waals surface area contributed by atoms with Crippen LogP contribution >= 0.6 is 0 Å². The summed E-state index contributed by atoms with van der Waals surface area (Å²) >= 11 is 0. The minimum Gasteiger partial charge on any atom is -0.495 e. The second-order valence-electron chi connectivity index (χ2n) is 4.61. The predicted octanol–water partition coefficient (Wildman–Crippen LogP) is 2.71. The van der Waals surface area contributed by atoms with E-state index in [2.05, 4.69) is 15.5 Å². The van der Waals surface area contributed by atoms with Crippen molar-refractivity contribution in [1.82, 2.24) is 15.1 Å². The minimum atomic E-state index is -0.110. The van der Waals surface area contributed by atoms with E-state index in [1.54, 1.807) is 24.1 Å². The van der Waals surface area contributed by atoms with Gasteiger partial charge in [0.05, 0.1) is 12.8 Å². The largest absolute Gasteiger partial charge is 0.495 e. The highest BCUT2D eigenvalue weighted by Gasteiger charge is 2.14. The molecule has 116 valence electrons. The van der Waals surface area contributed by atoms with Crippen LogP contribution in [0.2, 0.25) is 0 Å². The molecule has 0 unspecified atom stereocenters. The average Bonchev–Trinajstić information content (AvgIpc) is 2.57. The van der Waals surface area contributed by atoms with E-state index in [0.29, 0.717) is 30.4 Å². The molecule has 2 aromatic rings. The number of ether oxygens (including phenoxy) is 1. The lowest BCUT2D eigenvalue weighted by molar-refractivity contribution is 0.0766. The number of aromatic nitrogens is 2. The monoisotopic (exact) mass is 300 g/mol. The summed E-state index contributed by atoms with van der Waals surface area (Å²) in [5.41, 5.74) is 1.14. The number of benzene rings is 1. The van der Waals surface area contributed by atoms with Crippen molar-refractivity contribution in [3.05, 3.63) is 42.1 Å². The summed E-state index contributed by atoms with van der Waals surface area (Å²) in [4.78, 5) is 13.9. The highest BCUT2D eigenvalue weighted by Crippen LogP contribution is 2.25. The molecule has 0 radical (unpaired) electrons. The van der Waals surface area contributed by atoms with Gasteiger partial charge in [-0.15, -0.1) is 10.2 Å². The fourth-order valence-corrected chi connectivity index (χ4v) is 2.07. The van der Waals surface area contributed by atoms with Crippen LogP contribution in [0.5, 0.6) is 5.75 Å². The van der Waals surface area contributed by atoms with Crippen LogP contribution in [-0.2, 0) is 0 Å². The molecule has 1 N–H and O–H groups in total. The number of para-hydroxylation sites is 2. The fraction of sp³-hybridized carbons (Fsp3) is 0.312. The number of carbonyl (C=O) groups is 1. The summed E-state index contributed by atoms with van der Waals surface area (Å²) < 4.78 is 5.27. The van der Waals surface area contributed by atoms with Crippen LogP contribution < -0.4 is 10.1 Å². The van der Waals surface area contributed by atoms with Gasteiger partial charge in [0.1, 0.15) is 5.75 Å². The first-order valence-electron chi connectivity index (χ1n) is 7.22. The van der Waals surface area contributed by atoms with E-state index in [-0.39, 0.29) is 5.91 Å². The van der Waals surface area contributed by atoms with Crippen molar-refractivity contribution >= 4 is 17.4 Å². The van der Waals surface area contributed by atoms with Crippen molar-refractivity contribution in [1.29, 1.82) is 0 Å². The maximum Gasteiger partial charge on any atom is 0.274 e. The molecule has 0 aliphatic rings. The van der Waals surface area contributed by atoms with Gasteiger partial charge in [-0.1, -0.05) is 12.1 Å². The lowest BCUT2D eigenvalue weighted by Crippen LogP contribution is -2.31. The Labute approximate surface area is 130 Å². The summed E-state index contributed by atoms with van der Waals surface area (Å²) in [5.74, 6) is 1.16. The van der Waals surface area contributed by atoms with Crippen LogP contribution in [0, 0.1) is 0 Å². The number of amides is 1. The van der Waals surface area contributed by atoms with E-state index >= 15 is 0 Å². The molecule has 2 rings (SSSR count). The minimum absolute atomic E-state index is 0.110. The molecule has 0 saturated heterocycles. The Hall–Kier alpha value is -2.63. The van der Waals surface area contributed by atoms with Gasteiger partial charge in [0.25, 0.3) is 5.91 Å². The molecule has 0 aliphatic carbocycles. The molecule has 1 aromatic heterocycles. The SMILES string of the molecule is CCN(CC)C(=O)c1ccc(Nc2ccccc2OC)nn1. The quantitative estimate of drug-likeness (QED) is 0.888. The molecule has 0 saturated carbocycles. The second-order valence-corrected chi connectivity index (χ2v) is 4.61. The molecule has 22 heavy (non-hydrogen) atoms. The summed E-state index contributed by atoms with van der Waals surface area (Å²) in [6.45, 7) is 5.18. The Balaban J connectivity index is 2.14. The van der Waals surface area contributed by atoms with Crippen molar-refractivity contribution in [3.8, 4) is 5.75 Å². The molecule has 0 aliphatic heterocycles. The highest BCUT2D eigenvalue weighted by molar-refractivity contribution is 5.92. The zero-order chi connectivity index (χ0) is 15.9. The molecule has 6 heteroatoms. The third-order valence-corrected chi connectivity index (χ3v) is 3.30. The second kappa shape index (κ2) is 7.40. The number of anilines is 2. The Morgan fingerprint density at radius 2 is 1.86 bits per heavy atom. The van der Waals surface area contributed by atoms with Gasteiger partial charge < -0.3 is 15.0 Å². The number of rotatable bonds is 6. The van der Waals surface area contributed by atoms with Crippen LogP contribution in [0.15, 0.2) is 36.4 Å². The van der Waals surface area contributed by atoms with Crippen LogP contribution in [0.4, 0.5) is 11.5 Å². The maximum atomic E-state index is 12.2. The Morgan fingerprint density at radius 1 is 1.14 bits per heavy atom. The molecule has 0 bridgehead atoms.